The van der Waals surface area contributed by atoms with E-state index in [1.807, 2.05) is 24.3 Å². The first-order valence-corrected chi connectivity index (χ1v) is 21.2. The summed E-state index contributed by atoms with van der Waals surface area (Å²) in [5.74, 6) is 1.92. The number of para-hydroxylation sites is 2. The lowest BCUT2D eigenvalue weighted by atomic mass is 9.65. The smallest absolute Gasteiger partial charge is 0.164 e. The average molecular weight is 789 g/mol. The van der Waals surface area contributed by atoms with E-state index in [0.29, 0.717) is 17.5 Å². The molecular weight excluding hydrogens is 753 g/mol. The van der Waals surface area contributed by atoms with Gasteiger partial charge >= 0.3 is 0 Å². The molecule has 2 aliphatic rings. The van der Waals surface area contributed by atoms with Crippen molar-refractivity contribution in [3.63, 3.8) is 0 Å². The van der Waals surface area contributed by atoms with Gasteiger partial charge in [0.15, 0.2) is 17.5 Å². The number of hydrogen-bond donors (Lipinski definition) is 0. The second-order valence-electron chi connectivity index (χ2n) is 16.3. The Morgan fingerprint density at radius 1 is 0.306 bits per heavy atom. The van der Waals surface area contributed by atoms with Crippen LogP contribution >= 0.6 is 0 Å². The molecule has 1 aliphatic carbocycles. The summed E-state index contributed by atoms with van der Waals surface area (Å²) >= 11 is 0. The maximum atomic E-state index is 5.09. The van der Waals surface area contributed by atoms with Gasteiger partial charge in [0.2, 0.25) is 0 Å². The molecule has 0 N–H and O–H groups in total. The third-order valence-corrected chi connectivity index (χ3v) is 13.1. The summed E-state index contributed by atoms with van der Waals surface area (Å²) in [6.07, 6.45) is 0. The van der Waals surface area contributed by atoms with Gasteiger partial charge in [0.1, 0.15) is 0 Å². The molecule has 0 saturated heterocycles. The molecule has 1 spiro atoms. The monoisotopic (exact) mass is 788 g/mol. The molecular formula is C58H36N4. The first-order chi connectivity index (χ1) is 30.7. The molecule has 3 heterocycles. The van der Waals surface area contributed by atoms with E-state index >= 15 is 0 Å². The fraction of sp³-hybridized carbons (Fsp3) is 0.0172. The van der Waals surface area contributed by atoms with Crippen molar-refractivity contribution < 1.29 is 0 Å². The molecule has 62 heavy (non-hydrogen) atoms. The number of fused-ring (bicyclic) bond motifs is 12. The lowest BCUT2D eigenvalue weighted by molar-refractivity contribution is 0.749. The Kier molecular flexibility index (Phi) is 7.49. The molecule has 4 heteroatoms. The summed E-state index contributed by atoms with van der Waals surface area (Å²) in [5.41, 5.74) is 18.5. The molecule has 1 aliphatic heterocycles. The van der Waals surface area contributed by atoms with E-state index < -0.39 is 5.41 Å². The third kappa shape index (κ3) is 4.98. The molecule has 13 rings (SSSR count). The fourth-order valence-electron chi connectivity index (χ4n) is 10.3. The summed E-state index contributed by atoms with van der Waals surface area (Å²) in [7, 11) is 0. The Morgan fingerprint density at radius 3 is 1.37 bits per heavy atom. The van der Waals surface area contributed by atoms with Crippen molar-refractivity contribution in [2.75, 3.05) is 0 Å². The Balaban J connectivity index is 0.965. The molecule has 4 nitrogen and oxygen atoms in total. The Bertz CT molecular complexity index is 3510. The standard InChI is InChI=1S/C58H36N4/c1-3-14-37(15-4-1)38-26-30-41(31-27-38)56-59-55(40-16-5-2-6-17-40)60-57(61-56)42-32-28-39(29-33-42)43-34-35-53-51(36-43)58(48-22-10-7-18-44(48)45-19-8-11-23-49(45)58)50-24-13-21-47-46-20-9-12-25-52(46)62(53)54(47)50/h1-36H. The van der Waals surface area contributed by atoms with Gasteiger partial charge in [0.05, 0.1) is 22.1 Å². The molecule has 11 aromatic rings. The third-order valence-electron chi connectivity index (χ3n) is 13.1. The van der Waals surface area contributed by atoms with Crippen molar-refractivity contribution in [1.29, 1.82) is 0 Å². The van der Waals surface area contributed by atoms with Crippen LogP contribution < -0.4 is 0 Å². The van der Waals surface area contributed by atoms with Crippen molar-refractivity contribution in [2.45, 2.75) is 5.41 Å². The topological polar surface area (TPSA) is 43.6 Å². The predicted molar refractivity (Wildman–Crippen MR) is 252 cm³/mol. The summed E-state index contributed by atoms with van der Waals surface area (Å²) in [5, 5.41) is 2.55. The minimum absolute atomic E-state index is 0.503. The first kappa shape index (κ1) is 34.6. The van der Waals surface area contributed by atoms with E-state index in [2.05, 4.69) is 199 Å². The zero-order chi connectivity index (χ0) is 40.8. The highest BCUT2D eigenvalue weighted by Gasteiger charge is 2.50. The van der Waals surface area contributed by atoms with E-state index in [1.165, 1.54) is 66.4 Å². The van der Waals surface area contributed by atoms with E-state index in [0.717, 1.165) is 33.4 Å². The highest BCUT2D eigenvalue weighted by molar-refractivity contribution is 6.13. The lowest BCUT2D eigenvalue weighted by Gasteiger charge is -2.40. The SMILES string of the molecule is c1ccc(-c2ccc(-c3nc(-c4ccccc4)nc(-c4ccc(-c5ccc6c(c5)C5(c7ccccc7-c7ccccc75)c5cccc7c8ccccc8n-6c57)cc4)n3)cc2)cc1. The minimum atomic E-state index is -0.503. The fourth-order valence-corrected chi connectivity index (χ4v) is 10.3. The van der Waals surface area contributed by atoms with Crippen LogP contribution in [0.1, 0.15) is 22.3 Å². The van der Waals surface area contributed by atoms with Gasteiger partial charge in [0.25, 0.3) is 0 Å². The van der Waals surface area contributed by atoms with Crippen molar-refractivity contribution in [3.8, 4) is 73.2 Å². The second-order valence-corrected chi connectivity index (χ2v) is 16.3. The molecule has 0 radical (unpaired) electrons. The molecule has 0 bridgehead atoms. The molecule has 2 aromatic heterocycles. The Hall–Kier alpha value is -8.21. The van der Waals surface area contributed by atoms with Crippen molar-refractivity contribution in [2.24, 2.45) is 0 Å². The van der Waals surface area contributed by atoms with Crippen molar-refractivity contribution >= 4 is 21.8 Å². The molecule has 0 fully saturated rings. The van der Waals surface area contributed by atoms with Gasteiger partial charge in [-0.25, -0.2) is 15.0 Å². The predicted octanol–water partition coefficient (Wildman–Crippen LogP) is 14.0. The van der Waals surface area contributed by atoms with Gasteiger partial charge in [-0.15, -0.1) is 0 Å². The van der Waals surface area contributed by atoms with Crippen LogP contribution in [0.5, 0.6) is 0 Å². The van der Waals surface area contributed by atoms with Crippen LogP contribution in [0.4, 0.5) is 0 Å². The number of hydrogen-bond acceptors (Lipinski definition) is 3. The van der Waals surface area contributed by atoms with Gasteiger partial charge in [-0.3, -0.25) is 0 Å². The number of aromatic nitrogens is 4. The summed E-state index contributed by atoms with van der Waals surface area (Å²) in [6, 6.07) is 78.7. The molecule has 0 saturated carbocycles. The number of benzene rings is 9. The van der Waals surface area contributed by atoms with Crippen LogP contribution in [0.2, 0.25) is 0 Å². The van der Waals surface area contributed by atoms with E-state index in [4.69, 9.17) is 15.0 Å². The average Bonchev–Trinajstić information content (AvgIpc) is 3.85. The van der Waals surface area contributed by atoms with Gasteiger partial charge < -0.3 is 4.57 Å². The number of rotatable bonds is 5. The van der Waals surface area contributed by atoms with Crippen molar-refractivity contribution in [1.82, 2.24) is 19.5 Å². The van der Waals surface area contributed by atoms with Gasteiger partial charge in [-0.05, 0) is 73.8 Å². The summed E-state index contributed by atoms with van der Waals surface area (Å²) < 4.78 is 2.51. The highest BCUT2D eigenvalue weighted by atomic mass is 15.0. The van der Waals surface area contributed by atoms with Crippen LogP contribution in [0.3, 0.4) is 0 Å². The van der Waals surface area contributed by atoms with E-state index in [9.17, 15) is 0 Å². The quantitative estimate of drug-likeness (QED) is 0.174. The maximum Gasteiger partial charge on any atom is 0.164 e. The van der Waals surface area contributed by atoms with Crippen LogP contribution in [0.15, 0.2) is 218 Å². The van der Waals surface area contributed by atoms with E-state index in [1.54, 1.807) is 0 Å². The summed E-state index contributed by atoms with van der Waals surface area (Å²) in [4.78, 5) is 15.1. The van der Waals surface area contributed by atoms with Crippen LogP contribution in [-0.2, 0) is 5.41 Å². The summed E-state index contributed by atoms with van der Waals surface area (Å²) in [6.45, 7) is 0. The molecule has 0 unspecified atom stereocenters. The Morgan fingerprint density at radius 2 is 0.742 bits per heavy atom. The number of nitrogens with zero attached hydrogens (tertiary/aromatic N) is 4. The van der Waals surface area contributed by atoms with E-state index in [-0.39, 0.29) is 0 Å². The van der Waals surface area contributed by atoms with Crippen LogP contribution in [-0.4, -0.2) is 19.5 Å². The van der Waals surface area contributed by atoms with Crippen LogP contribution in [0.25, 0.3) is 95.0 Å². The zero-order valence-corrected chi connectivity index (χ0v) is 33.6. The second kappa shape index (κ2) is 13.4. The maximum absolute atomic E-state index is 5.09. The van der Waals surface area contributed by atoms with Gasteiger partial charge in [-0.1, -0.05) is 200 Å². The van der Waals surface area contributed by atoms with Crippen LogP contribution in [0, 0.1) is 0 Å². The zero-order valence-electron chi connectivity index (χ0n) is 33.6. The highest BCUT2D eigenvalue weighted by Crippen LogP contribution is 2.61. The molecule has 9 aromatic carbocycles. The molecule has 0 atom stereocenters. The molecule has 288 valence electrons. The minimum Gasteiger partial charge on any atom is -0.309 e. The largest absolute Gasteiger partial charge is 0.309 e. The van der Waals surface area contributed by atoms with Gasteiger partial charge in [0, 0.05) is 27.5 Å². The van der Waals surface area contributed by atoms with Gasteiger partial charge in [-0.2, -0.15) is 0 Å². The normalized spacial score (nSPS) is 13.0. The Labute approximate surface area is 359 Å². The van der Waals surface area contributed by atoms with Crippen molar-refractivity contribution in [3.05, 3.63) is 241 Å². The molecule has 0 amide bonds. The lowest BCUT2D eigenvalue weighted by Crippen LogP contribution is -2.33. The first-order valence-electron chi connectivity index (χ1n) is 21.2.